The lowest BCUT2D eigenvalue weighted by Gasteiger charge is -2.47. The Morgan fingerprint density at radius 1 is 1.20 bits per heavy atom. The molecule has 0 unspecified atom stereocenters. The molecular formula is C20H30O4S. The number of allylic oxidation sites excluding steroid dienone is 1. The molecule has 2 rings (SSSR count). The summed E-state index contributed by atoms with van der Waals surface area (Å²) in [6.07, 6.45) is 2.09. The van der Waals surface area contributed by atoms with Gasteiger partial charge in [0.1, 0.15) is 0 Å². The van der Waals surface area contributed by atoms with Crippen LogP contribution in [0.3, 0.4) is 0 Å². The molecule has 0 saturated heterocycles. The predicted molar refractivity (Wildman–Crippen MR) is 100 cm³/mol. The smallest absolute Gasteiger partial charge is 0.178 e. The molecule has 4 nitrogen and oxygen atoms in total. The average molecular weight is 367 g/mol. The third-order valence-corrected chi connectivity index (χ3v) is 7.57. The zero-order valence-corrected chi connectivity index (χ0v) is 16.5. The Morgan fingerprint density at radius 3 is 2.36 bits per heavy atom. The van der Waals surface area contributed by atoms with Gasteiger partial charge in [-0.25, -0.2) is 8.42 Å². The molecule has 5 heteroatoms. The van der Waals surface area contributed by atoms with Crippen LogP contribution in [0.4, 0.5) is 0 Å². The van der Waals surface area contributed by atoms with Gasteiger partial charge >= 0.3 is 0 Å². The van der Waals surface area contributed by atoms with Crippen LogP contribution in [-0.4, -0.2) is 34.7 Å². The molecule has 1 fully saturated rings. The van der Waals surface area contributed by atoms with Crippen molar-refractivity contribution in [1.82, 2.24) is 0 Å². The van der Waals surface area contributed by atoms with Crippen molar-refractivity contribution in [2.45, 2.75) is 44.3 Å². The monoisotopic (exact) mass is 366 g/mol. The molecule has 0 radical (unpaired) electrons. The van der Waals surface area contributed by atoms with E-state index in [1.807, 2.05) is 6.07 Å². The Hall–Kier alpha value is -1.17. The lowest BCUT2D eigenvalue weighted by Crippen LogP contribution is -2.42. The lowest BCUT2D eigenvalue weighted by molar-refractivity contribution is -0.122. The molecule has 1 aromatic rings. The summed E-state index contributed by atoms with van der Waals surface area (Å²) in [7, 11) is -0.0455. The highest BCUT2D eigenvalue weighted by molar-refractivity contribution is 7.91. The fourth-order valence-corrected chi connectivity index (χ4v) is 5.85. The van der Waals surface area contributed by atoms with Crippen molar-refractivity contribution < 1.29 is 17.9 Å². The third kappa shape index (κ3) is 4.52. The van der Waals surface area contributed by atoms with Crippen molar-refractivity contribution in [3.8, 4) is 0 Å². The summed E-state index contributed by atoms with van der Waals surface area (Å²) >= 11 is 0. The molecule has 1 aliphatic carbocycles. The molecule has 1 saturated carbocycles. The molecular weight excluding hydrogens is 336 g/mol. The van der Waals surface area contributed by atoms with Crippen molar-refractivity contribution in [2.75, 3.05) is 20.0 Å². The molecule has 25 heavy (non-hydrogen) atoms. The standard InChI is InChI=1S/C20H30O4S/c1-15-11-12-16(14-25(21,22)17-9-7-6-8-10-17)20(2,3)18(15)13-19(23-4)24-5/h6-10,16,18-19H,1,11-14H2,2-5H3/t16-,18-/m0/s1. The van der Waals surface area contributed by atoms with E-state index in [2.05, 4.69) is 20.4 Å². The van der Waals surface area contributed by atoms with E-state index in [1.165, 1.54) is 0 Å². The first-order valence-corrected chi connectivity index (χ1v) is 10.4. The van der Waals surface area contributed by atoms with E-state index < -0.39 is 9.84 Å². The van der Waals surface area contributed by atoms with E-state index in [1.54, 1.807) is 38.5 Å². The maximum Gasteiger partial charge on any atom is 0.178 e. The second-order valence-electron chi connectivity index (χ2n) is 7.50. The van der Waals surface area contributed by atoms with Gasteiger partial charge in [0.05, 0.1) is 10.6 Å². The molecule has 0 bridgehead atoms. The second kappa shape index (κ2) is 8.02. The first-order valence-electron chi connectivity index (χ1n) is 8.73. The van der Waals surface area contributed by atoms with Gasteiger partial charge in [-0.05, 0) is 42.2 Å². The van der Waals surface area contributed by atoms with Gasteiger partial charge in [-0.3, -0.25) is 0 Å². The van der Waals surface area contributed by atoms with Gasteiger partial charge in [0.15, 0.2) is 16.1 Å². The quantitative estimate of drug-likeness (QED) is 0.539. The average Bonchev–Trinajstić information content (AvgIpc) is 2.58. The summed E-state index contributed by atoms with van der Waals surface area (Å²) in [6, 6.07) is 8.72. The number of hydrogen-bond donors (Lipinski definition) is 0. The summed E-state index contributed by atoms with van der Waals surface area (Å²) in [4.78, 5) is 0.401. The predicted octanol–water partition coefficient (Wildman–Crippen LogP) is 4.08. The number of sulfone groups is 1. The van der Waals surface area contributed by atoms with Gasteiger partial charge in [-0.2, -0.15) is 0 Å². The first kappa shape index (κ1) is 20.1. The van der Waals surface area contributed by atoms with Crippen molar-refractivity contribution >= 4 is 9.84 Å². The zero-order chi connectivity index (χ0) is 18.7. The van der Waals surface area contributed by atoms with Crippen molar-refractivity contribution in [1.29, 1.82) is 0 Å². The van der Waals surface area contributed by atoms with Crippen LogP contribution in [0.2, 0.25) is 0 Å². The number of rotatable bonds is 7. The Kier molecular flexibility index (Phi) is 6.46. The maximum atomic E-state index is 12.8. The zero-order valence-electron chi connectivity index (χ0n) is 15.7. The van der Waals surface area contributed by atoms with Crippen LogP contribution in [0.15, 0.2) is 47.4 Å². The molecule has 0 N–H and O–H groups in total. The number of benzene rings is 1. The Balaban J connectivity index is 2.22. The van der Waals surface area contributed by atoms with Crippen molar-refractivity contribution in [3.05, 3.63) is 42.5 Å². The van der Waals surface area contributed by atoms with Crippen LogP contribution in [0.1, 0.15) is 33.1 Å². The van der Waals surface area contributed by atoms with Crippen LogP contribution < -0.4 is 0 Å². The molecule has 0 aliphatic heterocycles. The third-order valence-electron chi connectivity index (χ3n) is 5.73. The molecule has 0 spiro atoms. The SMILES string of the molecule is C=C1CC[C@@H](CS(=O)(=O)c2ccccc2)C(C)(C)[C@H]1CC(OC)OC. The van der Waals surface area contributed by atoms with Gasteiger partial charge in [0.25, 0.3) is 0 Å². The number of ether oxygens (including phenoxy) is 2. The van der Waals surface area contributed by atoms with Crippen molar-refractivity contribution in [3.63, 3.8) is 0 Å². The van der Waals surface area contributed by atoms with Crippen LogP contribution in [0.25, 0.3) is 0 Å². The Morgan fingerprint density at radius 2 is 1.80 bits per heavy atom. The van der Waals surface area contributed by atoms with Crippen LogP contribution in [-0.2, 0) is 19.3 Å². The Labute approximate surface area is 152 Å². The highest BCUT2D eigenvalue weighted by Gasteiger charge is 2.44. The summed E-state index contributed by atoms with van der Waals surface area (Å²) in [5.74, 6) is 0.406. The molecule has 2 atom stereocenters. The van der Waals surface area contributed by atoms with E-state index in [0.717, 1.165) is 18.4 Å². The van der Waals surface area contributed by atoms with Crippen LogP contribution in [0.5, 0.6) is 0 Å². The normalized spacial score (nSPS) is 23.8. The maximum absolute atomic E-state index is 12.8. The van der Waals surface area contributed by atoms with Gasteiger partial charge in [0.2, 0.25) is 0 Å². The minimum Gasteiger partial charge on any atom is -0.356 e. The minimum atomic E-state index is -3.30. The fourth-order valence-electron chi connectivity index (χ4n) is 3.96. The van der Waals surface area contributed by atoms with E-state index in [0.29, 0.717) is 11.3 Å². The molecule has 0 amide bonds. The fraction of sp³-hybridized carbons (Fsp3) is 0.600. The second-order valence-corrected chi connectivity index (χ2v) is 9.53. The minimum absolute atomic E-state index is 0.0718. The Bertz CT molecular complexity index is 675. The summed E-state index contributed by atoms with van der Waals surface area (Å²) in [5, 5.41) is 0. The first-order chi connectivity index (χ1) is 11.7. The topological polar surface area (TPSA) is 52.6 Å². The van der Waals surface area contributed by atoms with E-state index in [4.69, 9.17) is 9.47 Å². The van der Waals surface area contributed by atoms with E-state index in [-0.39, 0.29) is 29.3 Å². The largest absolute Gasteiger partial charge is 0.356 e. The van der Waals surface area contributed by atoms with E-state index in [9.17, 15) is 8.42 Å². The van der Waals surface area contributed by atoms with Crippen LogP contribution >= 0.6 is 0 Å². The number of hydrogen-bond acceptors (Lipinski definition) is 4. The molecule has 0 heterocycles. The number of methoxy groups -OCH3 is 2. The summed E-state index contributed by atoms with van der Waals surface area (Å²) in [6.45, 7) is 8.54. The van der Waals surface area contributed by atoms with E-state index >= 15 is 0 Å². The van der Waals surface area contributed by atoms with Gasteiger partial charge in [-0.15, -0.1) is 0 Å². The van der Waals surface area contributed by atoms with Gasteiger partial charge in [-0.1, -0.05) is 44.2 Å². The van der Waals surface area contributed by atoms with Gasteiger partial charge in [0, 0.05) is 20.6 Å². The highest BCUT2D eigenvalue weighted by Crippen LogP contribution is 2.50. The molecule has 1 aromatic carbocycles. The van der Waals surface area contributed by atoms with Gasteiger partial charge < -0.3 is 9.47 Å². The summed E-state index contributed by atoms with van der Waals surface area (Å²) < 4.78 is 36.4. The lowest BCUT2D eigenvalue weighted by atomic mass is 9.60. The molecule has 1 aliphatic rings. The van der Waals surface area contributed by atoms with Crippen LogP contribution in [0, 0.1) is 17.3 Å². The summed E-state index contributed by atoms with van der Waals surface area (Å²) in [5.41, 5.74) is 0.976. The molecule has 140 valence electrons. The molecule has 0 aromatic heterocycles. The highest BCUT2D eigenvalue weighted by atomic mass is 32.2. The van der Waals surface area contributed by atoms with Crippen molar-refractivity contribution in [2.24, 2.45) is 17.3 Å².